The first-order chi connectivity index (χ1) is 14.0. The van der Waals surface area contributed by atoms with E-state index in [1.807, 2.05) is 6.92 Å². The van der Waals surface area contributed by atoms with Crippen molar-refractivity contribution in [1.29, 1.82) is 0 Å². The van der Waals surface area contributed by atoms with Crippen LogP contribution in [0.4, 0.5) is 5.82 Å². The molecular formula is C24H29N5. The average molecular weight is 388 g/mol. The van der Waals surface area contributed by atoms with Gasteiger partial charge in [0, 0.05) is 25.0 Å². The van der Waals surface area contributed by atoms with E-state index in [4.69, 9.17) is 15.7 Å². The standard InChI is InChI=1S/C24H29N5/c1-6-28(12-11-25)23-21-19-9-7-8-10-20(19)29(24(21)27-18(5)26-23)22-16(3)13-15(2)14-17(22)4/h7-10,13-14H,6,11-12,25H2,1-5H3. The zero-order valence-corrected chi connectivity index (χ0v) is 18.0. The van der Waals surface area contributed by atoms with Gasteiger partial charge in [0.05, 0.1) is 16.6 Å². The summed E-state index contributed by atoms with van der Waals surface area (Å²) in [7, 11) is 0. The van der Waals surface area contributed by atoms with E-state index in [9.17, 15) is 0 Å². The number of benzene rings is 2. The number of aryl methyl sites for hydroxylation is 4. The molecule has 2 aromatic carbocycles. The number of rotatable bonds is 5. The van der Waals surface area contributed by atoms with E-state index in [1.54, 1.807) is 0 Å². The minimum atomic E-state index is 0.590. The van der Waals surface area contributed by atoms with Gasteiger partial charge in [-0.3, -0.25) is 4.57 Å². The van der Waals surface area contributed by atoms with Gasteiger partial charge in [-0.25, -0.2) is 9.97 Å². The van der Waals surface area contributed by atoms with Crippen molar-refractivity contribution in [3.63, 3.8) is 0 Å². The Kier molecular flexibility index (Phi) is 5.01. The SMILES string of the molecule is CCN(CCN)c1nc(C)nc2c1c1ccccc1n2-c1c(C)cc(C)cc1C. The van der Waals surface area contributed by atoms with Crippen LogP contribution < -0.4 is 10.6 Å². The van der Waals surface area contributed by atoms with Gasteiger partial charge < -0.3 is 10.6 Å². The van der Waals surface area contributed by atoms with Gasteiger partial charge in [-0.2, -0.15) is 0 Å². The predicted molar refractivity (Wildman–Crippen MR) is 122 cm³/mol. The number of fused-ring (bicyclic) bond motifs is 3. The van der Waals surface area contributed by atoms with Crippen molar-refractivity contribution < 1.29 is 0 Å². The Balaban J connectivity index is 2.18. The topological polar surface area (TPSA) is 60.0 Å². The summed E-state index contributed by atoms with van der Waals surface area (Å²) in [4.78, 5) is 12.0. The normalized spacial score (nSPS) is 11.5. The first-order valence-electron chi connectivity index (χ1n) is 10.3. The number of likely N-dealkylation sites (N-methyl/N-ethyl adjacent to an activating group) is 1. The molecule has 0 aliphatic heterocycles. The van der Waals surface area contributed by atoms with Crippen LogP contribution in [0.25, 0.3) is 27.6 Å². The van der Waals surface area contributed by atoms with E-state index >= 15 is 0 Å². The van der Waals surface area contributed by atoms with Crippen LogP contribution in [0.3, 0.4) is 0 Å². The van der Waals surface area contributed by atoms with Crippen molar-refractivity contribution in [3.8, 4) is 5.69 Å². The molecule has 0 saturated heterocycles. The van der Waals surface area contributed by atoms with Gasteiger partial charge in [0.2, 0.25) is 0 Å². The lowest BCUT2D eigenvalue weighted by Crippen LogP contribution is -2.30. The molecule has 0 spiro atoms. The number of para-hydroxylation sites is 1. The summed E-state index contributed by atoms with van der Waals surface area (Å²) in [5.74, 6) is 1.74. The van der Waals surface area contributed by atoms with E-state index < -0.39 is 0 Å². The lowest BCUT2D eigenvalue weighted by atomic mass is 10.0. The minimum absolute atomic E-state index is 0.590. The Morgan fingerprint density at radius 2 is 1.69 bits per heavy atom. The molecule has 29 heavy (non-hydrogen) atoms. The van der Waals surface area contributed by atoms with Crippen molar-refractivity contribution in [2.75, 3.05) is 24.5 Å². The van der Waals surface area contributed by atoms with Crippen LogP contribution in [0.2, 0.25) is 0 Å². The molecule has 2 aromatic heterocycles. The number of hydrogen-bond acceptors (Lipinski definition) is 4. The highest BCUT2D eigenvalue weighted by molar-refractivity contribution is 6.13. The molecule has 4 aromatic rings. The molecule has 5 heteroatoms. The highest BCUT2D eigenvalue weighted by atomic mass is 15.2. The van der Waals surface area contributed by atoms with Crippen LogP contribution in [0.5, 0.6) is 0 Å². The molecule has 0 saturated carbocycles. The summed E-state index contributed by atoms with van der Waals surface area (Å²) in [6.45, 7) is 12.8. The third-order valence-corrected chi connectivity index (χ3v) is 5.55. The number of aromatic nitrogens is 3. The number of hydrogen-bond donors (Lipinski definition) is 1. The second kappa shape index (κ2) is 7.48. The molecule has 0 radical (unpaired) electrons. The molecular weight excluding hydrogens is 358 g/mol. The fourth-order valence-corrected chi connectivity index (χ4v) is 4.49. The van der Waals surface area contributed by atoms with Crippen LogP contribution in [0.1, 0.15) is 29.4 Å². The predicted octanol–water partition coefficient (Wildman–Crippen LogP) is 4.59. The minimum Gasteiger partial charge on any atom is -0.355 e. The smallest absolute Gasteiger partial charge is 0.151 e. The summed E-state index contributed by atoms with van der Waals surface area (Å²) in [5.41, 5.74) is 13.0. The number of nitrogens with two attached hydrogens (primary N) is 1. The number of nitrogens with zero attached hydrogens (tertiary/aromatic N) is 4. The highest BCUT2D eigenvalue weighted by Gasteiger charge is 2.22. The Morgan fingerprint density at radius 3 is 2.34 bits per heavy atom. The largest absolute Gasteiger partial charge is 0.355 e. The van der Waals surface area contributed by atoms with E-state index in [2.05, 4.69) is 73.6 Å². The molecule has 0 bridgehead atoms. The Bertz CT molecular complexity index is 1180. The second-order valence-electron chi connectivity index (χ2n) is 7.76. The Labute approximate surface area is 172 Å². The molecule has 0 unspecified atom stereocenters. The lowest BCUT2D eigenvalue weighted by Gasteiger charge is -2.22. The van der Waals surface area contributed by atoms with Crippen molar-refractivity contribution in [3.05, 3.63) is 58.9 Å². The first kappa shape index (κ1) is 19.4. The highest BCUT2D eigenvalue weighted by Crippen LogP contribution is 2.37. The molecule has 2 N–H and O–H groups in total. The second-order valence-corrected chi connectivity index (χ2v) is 7.76. The maximum atomic E-state index is 5.90. The molecule has 0 aliphatic rings. The van der Waals surface area contributed by atoms with Crippen molar-refractivity contribution in [2.45, 2.75) is 34.6 Å². The maximum Gasteiger partial charge on any atom is 0.151 e. The van der Waals surface area contributed by atoms with E-state index in [-0.39, 0.29) is 0 Å². The molecule has 2 heterocycles. The molecule has 0 aliphatic carbocycles. The van der Waals surface area contributed by atoms with Crippen molar-refractivity contribution in [2.24, 2.45) is 5.73 Å². The van der Waals surface area contributed by atoms with Crippen LogP contribution in [-0.2, 0) is 0 Å². The third kappa shape index (κ3) is 3.15. The maximum absolute atomic E-state index is 5.90. The van der Waals surface area contributed by atoms with Gasteiger partial charge in [-0.15, -0.1) is 0 Å². The monoisotopic (exact) mass is 387 g/mol. The van der Waals surface area contributed by atoms with Gasteiger partial charge in [0.1, 0.15) is 11.6 Å². The molecule has 4 rings (SSSR count). The van der Waals surface area contributed by atoms with Gasteiger partial charge >= 0.3 is 0 Å². The van der Waals surface area contributed by atoms with Crippen molar-refractivity contribution in [1.82, 2.24) is 14.5 Å². The van der Waals surface area contributed by atoms with Crippen LogP contribution in [0.15, 0.2) is 36.4 Å². The Morgan fingerprint density at radius 1 is 1.00 bits per heavy atom. The fourth-order valence-electron chi connectivity index (χ4n) is 4.49. The molecule has 0 amide bonds. The average Bonchev–Trinajstić information content (AvgIpc) is 2.99. The Hall–Kier alpha value is -2.92. The van der Waals surface area contributed by atoms with Gasteiger partial charge in [0.15, 0.2) is 5.65 Å². The van der Waals surface area contributed by atoms with Crippen molar-refractivity contribution >= 4 is 27.8 Å². The number of anilines is 1. The van der Waals surface area contributed by atoms with Crippen LogP contribution >= 0.6 is 0 Å². The first-order valence-corrected chi connectivity index (χ1v) is 10.3. The lowest BCUT2D eigenvalue weighted by molar-refractivity contribution is 0.800. The zero-order chi connectivity index (χ0) is 20.7. The molecule has 0 fully saturated rings. The zero-order valence-electron chi connectivity index (χ0n) is 18.0. The van der Waals surface area contributed by atoms with Gasteiger partial charge in [0.25, 0.3) is 0 Å². The summed E-state index contributed by atoms with van der Waals surface area (Å²) < 4.78 is 2.31. The van der Waals surface area contributed by atoms with Crippen LogP contribution in [-0.4, -0.2) is 34.2 Å². The third-order valence-electron chi connectivity index (χ3n) is 5.55. The van der Waals surface area contributed by atoms with Crippen LogP contribution in [0, 0.1) is 27.7 Å². The molecule has 150 valence electrons. The fraction of sp³-hybridized carbons (Fsp3) is 0.333. The van der Waals surface area contributed by atoms with Gasteiger partial charge in [-0.05, 0) is 51.8 Å². The molecule has 0 atom stereocenters. The summed E-state index contributed by atoms with van der Waals surface area (Å²) >= 11 is 0. The quantitative estimate of drug-likeness (QED) is 0.544. The van der Waals surface area contributed by atoms with Gasteiger partial charge in [-0.1, -0.05) is 35.9 Å². The summed E-state index contributed by atoms with van der Waals surface area (Å²) in [6.07, 6.45) is 0. The summed E-state index contributed by atoms with van der Waals surface area (Å²) in [6, 6.07) is 13.0. The van der Waals surface area contributed by atoms with E-state index in [0.29, 0.717) is 6.54 Å². The molecule has 5 nitrogen and oxygen atoms in total. The van der Waals surface area contributed by atoms with E-state index in [1.165, 1.54) is 27.8 Å². The van der Waals surface area contributed by atoms with E-state index in [0.717, 1.165) is 41.3 Å². The summed E-state index contributed by atoms with van der Waals surface area (Å²) in [5, 5.41) is 2.27.